The molecule has 0 atom stereocenters. The SMILES string of the molecule is COc1cc(C)cc2c(C(C)(C)C(=O)O)c(C)n(C)c12. The van der Waals surface area contributed by atoms with Crippen molar-refractivity contribution in [2.75, 3.05) is 7.11 Å². The number of ether oxygens (including phenoxy) is 1. The lowest BCUT2D eigenvalue weighted by Gasteiger charge is -2.20. The van der Waals surface area contributed by atoms with E-state index in [0.717, 1.165) is 33.5 Å². The molecule has 4 heteroatoms. The molecule has 4 nitrogen and oxygen atoms in total. The molecule has 20 heavy (non-hydrogen) atoms. The maximum Gasteiger partial charge on any atom is 0.313 e. The molecule has 1 aromatic carbocycles. The summed E-state index contributed by atoms with van der Waals surface area (Å²) in [6.07, 6.45) is 0. The number of carbonyl (C=O) groups is 1. The zero-order chi connectivity index (χ0) is 15.2. The highest BCUT2D eigenvalue weighted by molar-refractivity contribution is 5.96. The van der Waals surface area contributed by atoms with Crippen LogP contribution in [0.2, 0.25) is 0 Å². The first-order valence-corrected chi connectivity index (χ1v) is 6.59. The Labute approximate surface area is 119 Å². The molecular formula is C16H21NO3. The van der Waals surface area contributed by atoms with Gasteiger partial charge in [-0.15, -0.1) is 0 Å². The fourth-order valence-electron chi connectivity index (χ4n) is 2.86. The van der Waals surface area contributed by atoms with Crippen molar-refractivity contribution in [3.05, 3.63) is 29.0 Å². The summed E-state index contributed by atoms with van der Waals surface area (Å²) >= 11 is 0. The lowest BCUT2D eigenvalue weighted by molar-refractivity contribution is -0.142. The van der Waals surface area contributed by atoms with Crippen molar-refractivity contribution in [1.29, 1.82) is 0 Å². The van der Waals surface area contributed by atoms with Gasteiger partial charge in [0.25, 0.3) is 0 Å². The minimum Gasteiger partial charge on any atom is -0.495 e. The maximum atomic E-state index is 11.6. The molecule has 2 rings (SSSR count). The van der Waals surface area contributed by atoms with Gasteiger partial charge in [-0.2, -0.15) is 0 Å². The van der Waals surface area contributed by atoms with Crippen LogP contribution in [0.25, 0.3) is 10.9 Å². The van der Waals surface area contributed by atoms with Crippen LogP contribution in [-0.4, -0.2) is 22.8 Å². The van der Waals surface area contributed by atoms with E-state index in [0.29, 0.717) is 0 Å². The van der Waals surface area contributed by atoms with E-state index < -0.39 is 11.4 Å². The fraction of sp³-hybridized carbons (Fsp3) is 0.438. The van der Waals surface area contributed by atoms with E-state index in [1.165, 1.54) is 0 Å². The van der Waals surface area contributed by atoms with Gasteiger partial charge in [0.2, 0.25) is 0 Å². The first kappa shape index (κ1) is 14.4. The van der Waals surface area contributed by atoms with Crippen LogP contribution in [0.3, 0.4) is 0 Å². The molecule has 0 unspecified atom stereocenters. The molecule has 0 spiro atoms. The summed E-state index contributed by atoms with van der Waals surface area (Å²) in [7, 11) is 3.58. The van der Waals surface area contributed by atoms with Gasteiger partial charge in [0, 0.05) is 18.1 Å². The van der Waals surface area contributed by atoms with Crippen LogP contribution in [0.4, 0.5) is 0 Å². The van der Waals surface area contributed by atoms with Gasteiger partial charge in [-0.1, -0.05) is 0 Å². The highest BCUT2D eigenvalue weighted by Gasteiger charge is 2.35. The Morgan fingerprint density at radius 2 is 1.90 bits per heavy atom. The molecule has 0 aliphatic heterocycles. The molecule has 0 saturated carbocycles. The summed E-state index contributed by atoms with van der Waals surface area (Å²) in [5.41, 5.74) is 2.87. The van der Waals surface area contributed by atoms with Gasteiger partial charge < -0.3 is 14.4 Å². The lowest BCUT2D eigenvalue weighted by atomic mass is 9.82. The highest BCUT2D eigenvalue weighted by atomic mass is 16.5. The average molecular weight is 275 g/mol. The number of hydrogen-bond acceptors (Lipinski definition) is 2. The zero-order valence-electron chi connectivity index (χ0n) is 12.9. The molecule has 0 saturated heterocycles. The minimum atomic E-state index is -0.942. The van der Waals surface area contributed by atoms with Crippen molar-refractivity contribution in [2.24, 2.45) is 7.05 Å². The number of aromatic nitrogens is 1. The number of benzene rings is 1. The van der Waals surface area contributed by atoms with E-state index in [-0.39, 0.29) is 0 Å². The predicted octanol–water partition coefficient (Wildman–Crippen LogP) is 3.17. The Balaban J connectivity index is 2.97. The van der Waals surface area contributed by atoms with E-state index in [1.807, 2.05) is 37.6 Å². The number of carboxylic acids is 1. The summed E-state index contributed by atoms with van der Waals surface area (Å²) in [5, 5.41) is 10.5. The van der Waals surface area contributed by atoms with Gasteiger partial charge in [-0.3, -0.25) is 4.79 Å². The predicted molar refractivity (Wildman–Crippen MR) is 79.6 cm³/mol. The molecule has 108 valence electrons. The largest absolute Gasteiger partial charge is 0.495 e. The van der Waals surface area contributed by atoms with Gasteiger partial charge in [0.1, 0.15) is 5.75 Å². The number of hydrogen-bond donors (Lipinski definition) is 1. The van der Waals surface area contributed by atoms with Crippen LogP contribution in [0.15, 0.2) is 12.1 Å². The summed E-state index contributed by atoms with van der Waals surface area (Å²) < 4.78 is 7.47. The van der Waals surface area contributed by atoms with Crippen LogP contribution in [0, 0.1) is 13.8 Å². The average Bonchev–Trinajstić information content (AvgIpc) is 2.60. The van der Waals surface area contributed by atoms with Gasteiger partial charge in [0.05, 0.1) is 18.0 Å². The number of carboxylic acid groups (broad SMARTS) is 1. The number of aryl methyl sites for hydroxylation is 2. The molecule has 0 amide bonds. The molecule has 1 heterocycles. The molecule has 0 aliphatic carbocycles. The smallest absolute Gasteiger partial charge is 0.313 e. The fourth-order valence-corrected chi connectivity index (χ4v) is 2.86. The maximum absolute atomic E-state index is 11.6. The van der Waals surface area contributed by atoms with Gasteiger partial charge >= 0.3 is 5.97 Å². The van der Waals surface area contributed by atoms with Gasteiger partial charge in [-0.05, 0) is 51.0 Å². The number of rotatable bonds is 3. The van der Waals surface area contributed by atoms with Crippen molar-refractivity contribution in [1.82, 2.24) is 4.57 Å². The van der Waals surface area contributed by atoms with Crippen molar-refractivity contribution < 1.29 is 14.6 Å². The van der Waals surface area contributed by atoms with Crippen molar-refractivity contribution in [2.45, 2.75) is 33.1 Å². The molecule has 2 aromatic rings. The summed E-state index contributed by atoms with van der Waals surface area (Å²) in [5.74, 6) is -0.0494. The van der Waals surface area contributed by atoms with Crippen LogP contribution >= 0.6 is 0 Å². The number of aliphatic carboxylic acids is 1. The Hall–Kier alpha value is -1.97. The van der Waals surface area contributed by atoms with E-state index in [1.54, 1.807) is 21.0 Å². The molecule has 0 radical (unpaired) electrons. The monoisotopic (exact) mass is 275 g/mol. The normalized spacial score (nSPS) is 11.9. The second-order valence-electron chi connectivity index (χ2n) is 5.81. The third kappa shape index (κ3) is 1.87. The highest BCUT2D eigenvalue weighted by Crippen LogP contribution is 2.39. The standard InChI is InChI=1S/C16H21NO3/c1-9-7-11-13(16(3,4)15(18)19)10(2)17(5)14(11)12(8-9)20-6/h7-8H,1-6H3,(H,18,19). The lowest BCUT2D eigenvalue weighted by Crippen LogP contribution is -2.29. The number of fused-ring (bicyclic) bond motifs is 1. The van der Waals surface area contributed by atoms with Gasteiger partial charge in [-0.25, -0.2) is 0 Å². The summed E-state index contributed by atoms with van der Waals surface area (Å²) in [4.78, 5) is 11.6. The summed E-state index contributed by atoms with van der Waals surface area (Å²) in [6.45, 7) is 7.43. The topological polar surface area (TPSA) is 51.5 Å². The third-order valence-electron chi connectivity index (χ3n) is 4.07. The second-order valence-corrected chi connectivity index (χ2v) is 5.81. The zero-order valence-corrected chi connectivity index (χ0v) is 12.9. The Morgan fingerprint density at radius 1 is 1.30 bits per heavy atom. The minimum absolute atomic E-state index is 0.776. The molecule has 0 aliphatic rings. The molecular weight excluding hydrogens is 254 g/mol. The molecule has 0 fully saturated rings. The Morgan fingerprint density at radius 3 is 2.40 bits per heavy atom. The Kier molecular flexibility index (Phi) is 3.28. The summed E-state index contributed by atoms with van der Waals surface area (Å²) in [6, 6.07) is 4.00. The molecule has 1 aromatic heterocycles. The number of methoxy groups -OCH3 is 1. The third-order valence-corrected chi connectivity index (χ3v) is 4.07. The second kappa shape index (κ2) is 4.54. The van der Waals surface area contributed by atoms with E-state index in [9.17, 15) is 9.90 Å². The van der Waals surface area contributed by atoms with Crippen LogP contribution in [-0.2, 0) is 17.3 Å². The van der Waals surface area contributed by atoms with E-state index >= 15 is 0 Å². The van der Waals surface area contributed by atoms with Crippen molar-refractivity contribution >= 4 is 16.9 Å². The van der Waals surface area contributed by atoms with Gasteiger partial charge in [0.15, 0.2) is 0 Å². The first-order valence-electron chi connectivity index (χ1n) is 6.59. The van der Waals surface area contributed by atoms with Crippen LogP contribution in [0.1, 0.15) is 30.7 Å². The number of nitrogens with zero attached hydrogens (tertiary/aromatic N) is 1. The first-order chi connectivity index (χ1) is 9.21. The Bertz CT molecular complexity index is 696. The van der Waals surface area contributed by atoms with Crippen molar-refractivity contribution in [3.8, 4) is 5.75 Å². The quantitative estimate of drug-likeness (QED) is 0.936. The van der Waals surface area contributed by atoms with Crippen LogP contribution < -0.4 is 4.74 Å². The van der Waals surface area contributed by atoms with E-state index in [4.69, 9.17) is 4.74 Å². The molecule has 0 bridgehead atoms. The molecule has 1 N–H and O–H groups in total. The van der Waals surface area contributed by atoms with Crippen molar-refractivity contribution in [3.63, 3.8) is 0 Å². The van der Waals surface area contributed by atoms with E-state index in [2.05, 4.69) is 0 Å². The van der Waals surface area contributed by atoms with Crippen LogP contribution in [0.5, 0.6) is 5.75 Å².